The fraction of sp³-hybridized carbons (Fsp3) is 0.381. The molecule has 1 N–H and O–H groups in total. The number of halogens is 1. The molecule has 0 amide bonds. The maximum atomic E-state index is 12.4. The Kier molecular flexibility index (Phi) is 6.67. The maximum Gasteiger partial charge on any atom is 0.176 e. The molecule has 0 spiro atoms. The van der Waals surface area contributed by atoms with Crippen molar-refractivity contribution in [2.45, 2.75) is 18.9 Å². The lowest BCUT2D eigenvalue weighted by atomic mass is 10.0. The first kappa shape index (κ1) is 18.9. The van der Waals surface area contributed by atoms with Crippen LogP contribution in [0, 0.1) is 0 Å². The minimum absolute atomic E-state index is 0.0759. The average Bonchev–Trinajstić information content (AvgIpc) is 3.20. The zero-order chi connectivity index (χ0) is 18.4. The summed E-state index contributed by atoms with van der Waals surface area (Å²) in [6.45, 7) is 3.15. The number of nitrogens with zero attached hydrogens (tertiary/aromatic N) is 1. The monoisotopic (exact) mass is 372 g/mol. The number of benzene rings is 2. The molecule has 138 valence electrons. The van der Waals surface area contributed by atoms with Crippen LogP contribution < -0.4 is 10.1 Å². The van der Waals surface area contributed by atoms with Crippen molar-refractivity contribution in [3.8, 4) is 5.75 Å². The SMILES string of the molecule is COc1ccc(C(=O)CNCC(c2ccccc2Cl)N2CCCC2)cc1. The van der Waals surface area contributed by atoms with Crippen LogP contribution in [0.4, 0.5) is 0 Å². The van der Waals surface area contributed by atoms with E-state index in [0.29, 0.717) is 18.7 Å². The molecule has 0 aliphatic carbocycles. The van der Waals surface area contributed by atoms with Crippen molar-refractivity contribution in [3.63, 3.8) is 0 Å². The topological polar surface area (TPSA) is 41.6 Å². The summed E-state index contributed by atoms with van der Waals surface area (Å²) in [5, 5.41) is 4.12. The fourth-order valence-electron chi connectivity index (χ4n) is 3.44. The number of rotatable bonds is 8. The standard InChI is InChI=1S/C21H25ClN2O2/c1-26-17-10-8-16(9-11-17)21(25)15-23-14-20(24-12-4-5-13-24)18-6-2-3-7-19(18)22/h2-3,6-11,20,23H,4-5,12-15H2,1H3. The largest absolute Gasteiger partial charge is 0.497 e. The molecule has 26 heavy (non-hydrogen) atoms. The molecule has 3 rings (SSSR count). The van der Waals surface area contributed by atoms with E-state index < -0.39 is 0 Å². The van der Waals surface area contributed by atoms with E-state index in [9.17, 15) is 4.79 Å². The normalized spacial score (nSPS) is 15.8. The quantitative estimate of drug-likeness (QED) is 0.712. The van der Waals surface area contributed by atoms with Crippen LogP contribution in [0.1, 0.15) is 34.8 Å². The first-order chi connectivity index (χ1) is 12.7. The van der Waals surface area contributed by atoms with Crippen LogP contribution in [0.3, 0.4) is 0 Å². The van der Waals surface area contributed by atoms with Crippen molar-refractivity contribution in [2.75, 3.05) is 33.3 Å². The lowest BCUT2D eigenvalue weighted by Gasteiger charge is -2.29. The van der Waals surface area contributed by atoms with Crippen LogP contribution in [0.5, 0.6) is 5.75 Å². The molecule has 1 aliphatic heterocycles. The predicted molar refractivity (Wildman–Crippen MR) is 105 cm³/mol. The summed E-state index contributed by atoms with van der Waals surface area (Å²) in [6.07, 6.45) is 2.43. The van der Waals surface area contributed by atoms with Gasteiger partial charge in [0, 0.05) is 23.2 Å². The van der Waals surface area contributed by atoms with E-state index in [1.54, 1.807) is 19.2 Å². The molecular weight excluding hydrogens is 348 g/mol. The minimum Gasteiger partial charge on any atom is -0.497 e. The van der Waals surface area contributed by atoms with Gasteiger partial charge in [0.2, 0.25) is 0 Å². The Morgan fingerprint density at radius 2 is 1.85 bits per heavy atom. The van der Waals surface area contributed by atoms with E-state index in [1.807, 2.05) is 30.3 Å². The molecule has 2 aromatic rings. The van der Waals surface area contributed by atoms with Crippen molar-refractivity contribution < 1.29 is 9.53 Å². The molecule has 1 saturated heterocycles. The molecule has 1 unspecified atom stereocenters. The highest BCUT2D eigenvalue weighted by atomic mass is 35.5. The molecule has 0 radical (unpaired) electrons. The number of nitrogens with one attached hydrogen (secondary N) is 1. The lowest BCUT2D eigenvalue weighted by Crippen LogP contribution is -2.36. The van der Waals surface area contributed by atoms with Gasteiger partial charge in [0.25, 0.3) is 0 Å². The Morgan fingerprint density at radius 3 is 2.50 bits per heavy atom. The summed E-state index contributed by atoms with van der Waals surface area (Å²) in [6, 6.07) is 15.4. The number of Topliss-reactive ketones (excluding diaryl/α,β-unsaturated/α-hetero) is 1. The van der Waals surface area contributed by atoms with E-state index in [0.717, 1.165) is 29.4 Å². The summed E-state index contributed by atoms with van der Waals surface area (Å²) < 4.78 is 5.13. The number of carbonyl (C=O) groups is 1. The van der Waals surface area contributed by atoms with Gasteiger partial charge in [-0.1, -0.05) is 29.8 Å². The maximum absolute atomic E-state index is 12.4. The summed E-state index contributed by atoms with van der Waals surface area (Å²) in [5.41, 5.74) is 1.81. The van der Waals surface area contributed by atoms with Gasteiger partial charge in [0.05, 0.1) is 13.7 Å². The van der Waals surface area contributed by atoms with Gasteiger partial charge in [-0.3, -0.25) is 9.69 Å². The first-order valence-electron chi connectivity index (χ1n) is 9.05. The number of hydrogen-bond donors (Lipinski definition) is 1. The number of ketones is 1. The van der Waals surface area contributed by atoms with Gasteiger partial charge in [-0.2, -0.15) is 0 Å². The Labute approximate surface area is 160 Å². The third-order valence-corrected chi connectivity index (χ3v) is 5.23. The van der Waals surface area contributed by atoms with Crippen LogP contribution in [0.15, 0.2) is 48.5 Å². The molecule has 1 atom stereocenters. The molecule has 5 heteroatoms. The molecule has 0 saturated carbocycles. The second-order valence-corrected chi connectivity index (χ2v) is 6.97. The lowest BCUT2D eigenvalue weighted by molar-refractivity contribution is 0.0987. The van der Waals surface area contributed by atoms with E-state index in [-0.39, 0.29) is 11.8 Å². The number of hydrogen-bond acceptors (Lipinski definition) is 4. The minimum atomic E-state index is 0.0759. The van der Waals surface area contributed by atoms with E-state index in [2.05, 4.69) is 16.3 Å². The van der Waals surface area contributed by atoms with E-state index in [4.69, 9.17) is 16.3 Å². The zero-order valence-corrected chi connectivity index (χ0v) is 15.8. The van der Waals surface area contributed by atoms with Crippen molar-refractivity contribution in [2.24, 2.45) is 0 Å². The third-order valence-electron chi connectivity index (χ3n) is 4.88. The van der Waals surface area contributed by atoms with Crippen molar-refractivity contribution >= 4 is 17.4 Å². The number of likely N-dealkylation sites (tertiary alicyclic amines) is 1. The summed E-state index contributed by atoms with van der Waals surface area (Å²) in [7, 11) is 1.62. The van der Waals surface area contributed by atoms with Gasteiger partial charge in [0.15, 0.2) is 5.78 Å². The molecule has 0 bridgehead atoms. The van der Waals surface area contributed by atoms with Gasteiger partial charge < -0.3 is 10.1 Å². The second-order valence-electron chi connectivity index (χ2n) is 6.56. The fourth-order valence-corrected chi connectivity index (χ4v) is 3.70. The summed E-state index contributed by atoms with van der Waals surface area (Å²) in [5.74, 6) is 0.828. The smallest absolute Gasteiger partial charge is 0.176 e. The molecule has 1 fully saturated rings. The highest BCUT2D eigenvalue weighted by Crippen LogP contribution is 2.29. The van der Waals surface area contributed by atoms with Crippen molar-refractivity contribution in [1.82, 2.24) is 10.2 Å². The third kappa shape index (κ3) is 4.64. The number of methoxy groups -OCH3 is 1. The summed E-state index contributed by atoms with van der Waals surface area (Å²) in [4.78, 5) is 14.9. The Bertz CT molecular complexity index is 727. The van der Waals surface area contributed by atoms with E-state index in [1.165, 1.54) is 12.8 Å². The van der Waals surface area contributed by atoms with Gasteiger partial charge in [-0.05, 0) is 61.8 Å². The van der Waals surface area contributed by atoms with E-state index >= 15 is 0 Å². The van der Waals surface area contributed by atoms with Crippen LogP contribution in [-0.2, 0) is 0 Å². The summed E-state index contributed by atoms with van der Waals surface area (Å²) >= 11 is 6.43. The molecule has 0 aromatic heterocycles. The van der Waals surface area contributed by atoms with Crippen LogP contribution >= 0.6 is 11.6 Å². The zero-order valence-electron chi connectivity index (χ0n) is 15.1. The Morgan fingerprint density at radius 1 is 1.15 bits per heavy atom. The highest BCUT2D eigenvalue weighted by Gasteiger charge is 2.24. The van der Waals surface area contributed by atoms with Gasteiger partial charge >= 0.3 is 0 Å². The average molecular weight is 373 g/mol. The Balaban J connectivity index is 1.62. The highest BCUT2D eigenvalue weighted by molar-refractivity contribution is 6.31. The van der Waals surface area contributed by atoms with Crippen molar-refractivity contribution in [3.05, 3.63) is 64.7 Å². The first-order valence-corrected chi connectivity index (χ1v) is 9.43. The number of ether oxygens (including phenoxy) is 1. The molecule has 1 heterocycles. The van der Waals surface area contributed by atoms with Crippen molar-refractivity contribution in [1.29, 1.82) is 0 Å². The second kappa shape index (κ2) is 9.17. The van der Waals surface area contributed by atoms with Gasteiger partial charge in [0.1, 0.15) is 5.75 Å². The Hall–Kier alpha value is -1.88. The molecule has 1 aliphatic rings. The van der Waals surface area contributed by atoms with Crippen LogP contribution in [-0.4, -0.2) is 44.0 Å². The molecule has 2 aromatic carbocycles. The van der Waals surface area contributed by atoms with Crippen LogP contribution in [0.2, 0.25) is 5.02 Å². The van der Waals surface area contributed by atoms with Crippen LogP contribution in [0.25, 0.3) is 0 Å². The van der Waals surface area contributed by atoms with Gasteiger partial charge in [-0.15, -0.1) is 0 Å². The number of carbonyl (C=O) groups excluding carboxylic acids is 1. The van der Waals surface area contributed by atoms with Gasteiger partial charge in [-0.25, -0.2) is 0 Å². The predicted octanol–water partition coefficient (Wildman–Crippen LogP) is 3.96. The molecular formula is C21H25ClN2O2. The molecule has 4 nitrogen and oxygen atoms in total.